The van der Waals surface area contributed by atoms with Gasteiger partial charge in [0.1, 0.15) is 6.61 Å². The molecule has 4 heterocycles. The van der Waals surface area contributed by atoms with Crippen LogP contribution in [0.5, 0.6) is 0 Å². The highest BCUT2D eigenvalue weighted by atomic mass is 16.5. The van der Waals surface area contributed by atoms with Crippen LogP contribution in [0.1, 0.15) is 18.4 Å². The van der Waals surface area contributed by atoms with Crippen LogP contribution in [0.3, 0.4) is 0 Å². The Bertz CT molecular complexity index is 1190. The van der Waals surface area contributed by atoms with E-state index in [2.05, 4.69) is 27.2 Å². The fourth-order valence-corrected chi connectivity index (χ4v) is 4.16. The van der Waals surface area contributed by atoms with Crippen LogP contribution in [0.15, 0.2) is 67.3 Å². The highest BCUT2D eigenvalue weighted by molar-refractivity contribution is 5.76. The monoisotopic (exact) mass is 415 g/mol. The number of ether oxygens (including phenoxy) is 1. The largest absolute Gasteiger partial charge is 0.461 e. The average molecular weight is 415 g/mol. The SMILES string of the molecule is Cn1cc(-c2ccc3c(N4CCC(C(=O)OCc5ccccc5)CC4)cnn3c2)cn1. The molecule has 1 fully saturated rings. The Morgan fingerprint density at radius 2 is 1.81 bits per heavy atom. The number of aromatic nitrogens is 4. The molecule has 1 aliphatic rings. The van der Waals surface area contributed by atoms with Gasteiger partial charge in [-0.25, -0.2) is 4.52 Å². The van der Waals surface area contributed by atoms with Crippen LogP contribution in [0.25, 0.3) is 16.6 Å². The molecule has 0 atom stereocenters. The number of carbonyl (C=O) groups excluding carboxylic acids is 1. The lowest BCUT2D eigenvalue weighted by atomic mass is 9.96. The minimum absolute atomic E-state index is 0.0426. The van der Waals surface area contributed by atoms with Gasteiger partial charge in [0.15, 0.2) is 0 Å². The molecule has 0 bridgehead atoms. The molecule has 7 nitrogen and oxygen atoms in total. The van der Waals surface area contributed by atoms with Crippen molar-refractivity contribution < 1.29 is 9.53 Å². The van der Waals surface area contributed by atoms with Crippen LogP contribution >= 0.6 is 0 Å². The lowest BCUT2D eigenvalue weighted by Gasteiger charge is -2.31. The van der Waals surface area contributed by atoms with E-state index in [1.807, 2.05) is 66.7 Å². The van der Waals surface area contributed by atoms with Crippen LogP contribution in [0, 0.1) is 5.92 Å². The summed E-state index contributed by atoms with van der Waals surface area (Å²) in [6, 6.07) is 14.0. The van der Waals surface area contributed by atoms with E-state index in [0.29, 0.717) is 6.61 Å². The van der Waals surface area contributed by atoms with Crippen LogP contribution in [-0.4, -0.2) is 38.5 Å². The maximum absolute atomic E-state index is 12.5. The third-order valence-electron chi connectivity index (χ3n) is 5.93. The number of hydrogen-bond acceptors (Lipinski definition) is 5. The number of carbonyl (C=O) groups is 1. The number of piperidine rings is 1. The second-order valence-corrected chi connectivity index (χ2v) is 8.03. The number of hydrogen-bond donors (Lipinski definition) is 0. The summed E-state index contributed by atoms with van der Waals surface area (Å²) in [6.45, 7) is 1.97. The minimum atomic E-state index is -0.0931. The van der Waals surface area contributed by atoms with Crippen LogP contribution in [-0.2, 0) is 23.2 Å². The van der Waals surface area contributed by atoms with Gasteiger partial charge in [0.2, 0.25) is 0 Å². The second-order valence-electron chi connectivity index (χ2n) is 8.03. The first-order chi connectivity index (χ1) is 15.2. The smallest absolute Gasteiger partial charge is 0.309 e. The summed E-state index contributed by atoms with van der Waals surface area (Å²) in [5.41, 5.74) is 5.34. The molecule has 4 aromatic rings. The average Bonchev–Trinajstić information content (AvgIpc) is 3.44. The lowest BCUT2D eigenvalue weighted by molar-refractivity contribution is -0.150. The number of nitrogens with zero attached hydrogens (tertiary/aromatic N) is 5. The number of rotatable bonds is 5. The maximum atomic E-state index is 12.5. The molecule has 158 valence electrons. The van der Waals surface area contributed by atoms with Gasteiger partial charge >= 0.3 is 5.97 Å². The van der Waals surface area contributed by atoms with Crippen LogP contribution in [0.4, 0.5) is 5.69 Å². The molecule has 0 unspecified atom stereocenters. The van der Waals surface area contributed by atoms with Gasteiger partial charge < -0.3 is 9.64 Å². The molecular weight excluding hydrogens is 390 g/mol. The molecule has 1 aromatic carbocycles. The maximum Gasteiger partial charge on any atom is 0.309 e. The zero-order chi connectivity index (χ0) is 21.2. The Morgan fingerprint density at radius 3 is 2.55 bits per heavy atom. The van der Waals surface area contributed by atoms with Gasteiger partial charge in [0.05, 0.1) is 29.5 Å². The van der Waals surface area contributed by atoms with E-state index in [9.17, 15) is 4.79 Å². The summed E-state index contributed by atoms with van der Waals surface area (Å²) in [6.07, 6.45) is 9.37. The number of anilines is 1. The standard InChI is InChI=1S/C24H25N5O2/c1-27-15-21(13-25-27)20-7-8-22-23(14-26-29(22)16-20)28-11-9-19(10-12-28)24(30)31-17-18-5-3-2-4-6-18/h2-8,13-16,19H,9-12,17H2,1H3. The predicted molar refractivity (Wildman–Crippen MR) is 119 cm³/mol. The van der Waals surface area contributed by atoms with E-state index < -0.39 is 0 Å². The zero-order valence-electron chi connectivity index (χ0n) is 17.5. The highest BCUT2D eigenvalue weighted by Gasteiger charge is 2.27. The molecule has 1 saturated heterocycles. The van der Waals surface area contributed by atoms with Crippen molar-refractivity contribution in [3.63, 3.8) is 0 Å². The Hall–Kier alpha value is -3.61. The number of pyridine rings is 1. The lowest BCUT2D eigenvalue weighted by Crippen LogP contribution is -2.36. The van der Waals surface area contributed by atoms with Gasteiger partial charge in [0, 0.05) is 43.7 Å². The van der Waals surface area contributed by atoms with Crippen molar-refractivity contribution in [3.05, 3.63) is 72.8 Å². The molecule has 0 aliphatic carbocycles. The summed E-state index contributed by atoms with van der Waals surface area (Å²) in [7, 11) is 1.91. The minimum Gasteiger partial charge on any atom is -0.461 e. The molecule has 3 aromatic heterocycles. The van der Waals surface area contributed by atoms with Crippen molar-refractivity contribution in [1.82, 2.24) is 19.4 Å². The van der Waals surface area contributed by atoms with Gasteiger partial charge in [-0.3, -0.25) is 9.48 Å². The Kier molecular flexibility index (Phi) is 5.16. The van der Waals surface area contributed by atoms with E-state index >= 15 is 0 Å². The molecular formula is C24H25N5O2. The fourth-order valence-electron chi connectivity index (χ4n) is 4.16. The first-order valence-electron chi connectivity index (χ1n) is 10.6. The molecule has 7 heteroatoms. The van der Waals surface area contributed by atoms with E-state index in [4.69, 9.17) is 4.74 Å². The molecule has 0 saturated carbocycles. The first kappa shape index (κ1) is 19.4. The van der Waals surface area contributed by atoms with Crippen molar-refractivity contribution in [3.8, 4) is 11.1 Å². The molecule has 5 rings (SSSR count). The van der Waals surface area contributed by atoms with E-state index in [1.54, 1.807) is 4.68 Å². The normalized spacial score (nSPS) is 14.8. The number of benzene rings is 1. The number of aryl methyl sites for hydroxylation is 1. The Morgan fingerprint density at radius 1 is 1.00 bits per heavy atom. The third-order valence-corrected chi connectivity index (χ3v) is 5.93. The predicted octanol–water partition coefficient (Wildman–Crippen LogP) is 3.69. The van der Waals surface area contributed by atoms with Crippen molar-refractivity contribution in [1.29, 1.82) is 0 Å². The third kappa shape index (κ3) is 4.03. The van der Waals surface area contributed by atoms with Gasteiger partial charge in [0.25, 0.3) is 0 Å². The Balaban J connectivity index is 1.22. The summed E-state index contributed by atoms with van der Waals surface area (Å²) < 4.78 is 9.25. The molecule has 0 spiro atoms. The summed E-state index contributed by atoms with van der Waals surface area (Å²) >= 11 is 0. The van der Waals surface area contributed by atoms with Gasteiger partial charge in [-0.15, -0.1) is 0 Å². The quantitative estimate of drug-likeness (QED) is 0.465. The van der Waals surface area contributed by atoms with Crippen molar-refractivity contribution in [2.24, 2.45) is 13.0 Å². The number of fused-ring (bicyclic) bond motifs is 1. The summed E-state index contributed by atoms with van der Waals surface area (Å²) in [5, 5.41) is 8.80. The van der Waals surface area contributed by atoms with Crippen LogP contribution < -0.4 is 4.90 Å². The summed E-state index contributed by atoms with van der Waals surface area (Å²) in [4.78, 5) is 14.8. The molecule has 0 N–H and O–H groups in total. The Labute approximate surface area is 180 Å². The van der Waals surface area contributed by atoms with Gasteiger partial charge in [-0.2, -0.15) is 10.2 Å². The van der Waals surface area contributed by atoms with Crippen molar-refractivity contribution >= 4 is 17.2 Å². The first-order valence-corrected chi connectivity index (χ1v) is 10.6. The van der Waals surface area contributed by atoms with Gasteiger partial charge in [-0.05, 0) is 24.5 Å². The van der Waals surface area contributed by atoms with E-state index in [0.717, 1.165) is 53.8 Å². The molecule has 0 radical (unpaired) electrons. The zero-order valence-corrected chi connectivity index (χ0v) is 17.5. The topological polar surface area (TPSA) is 64.7 Å². The molecule has 1 aliphatic heterocycles. The van der Waals surface area contributed by atoms with Crippen molar-refractivity contribution in [2.75, 3.05) is 18.0 Å². The molecule has 31 heavy (non-hydrogen) atoms. The van der Waals surface area contributed by atoms with Crippen molar-refractivity contribution in [2.45, 2.75) is 19.4 Å². The van der Waals surface area contributed by atoms with E-state index in [-0.39, 0.29) is 11.9 Å². The van der Waals surface area contributed by atoms with Crippen LogP contribution in [0.2, 0.25) is 0 Å². The van der Waals surface area contributed by atoms with Gasteiger partial charge in [-0.1, -0.05) is 36.4 Å². The molecule has 0 amide bonds. The van der Waals surface area contributed by atoms with E-state index in [1.165, 1.54) is 0 Å². The fraction of sp³-hybridized carbons (Fsp3) is 0.292. The summed E-state index contributed by atoms with van der Waals surface area (Å²) in [5.74, 6) is -0.136. The highest BCUT2D eigenvalue weighted by Crippen LogP contribution is 2.29. The second kappa shape index (κ2) is 8.26. The number of esters is 1.